The minimum atomic E-state index is -0.684. The molecule has 92 valence electrons. The van der Waals surface area contributed by atoms with E-state index >= 15 is 0 Å². The van der Waals surface area contributed by atoms with Gasteiger partial charge in [0.05, 0.1) is 6.54 Å². The van der Waals surface area contributed by atoms with Crippen molar-refractivity contribution in [3.8, 4) is 0 Å². The third-order valence-corrected chi connectivity index (χ3v) is 4.55. The molecule has 1 fully saturated rings. The SMILES string of the molecule is O=C(CN1CCS(=O)CC1)c1cccc(Br)c1. The number of ketones is 1. The summed E-state index contributed by atoms with van der Waals surface area (Å²) in [6.07, 6.45) is 0. The topological polar surface area (TPSA) is 37.4 Å². The van der Waals surface area contributed by atoms with Crippen molar-refractivity contribution >= 4 is 32.5 Å². The molecule has 0 aliphatic carbocycles. The van der Waals surface area contributed by atoms with Gasteiger partial charge in [0.25, 0.3) is 0 Å². The van der Waals surface area contributed by atoms with Crippen LogP contribution in [-0.4, -0.2) is 46.0 Å². The summed E-state index contributed by atoms with van der Waals surface area (Å²) in [6.45, 7) is 1.94. The van der Waals surface area contributed by atoms with Crippen LogP contribution in [0.1, 0.15) is 10.4 Å². The fraction of sp³-hybridized carbons (Fsp3) is 0.417. The summed E-state index contributed by atoms with van der Waals surface area (Å²) >= 11 is 3.36. The second kappa shape index (κ2) is 5.89. The average Bonchev–Trinajstić information content (AvgIpc) is 2.32. The van der Waals surface area contributed by atoms with Crippen molar-refractivity contribution < 1.29 is 9.00 Å². The average molecular weight is 316 g/mol. The van der Waals surface area contributed by atoms with E-state index < -0.39 is 10.8 Å². The summed E-state index contributed by atoms with van der Waals surface area (Å²) in [4.78, 5) is 14.1. The molecule has 1 aliphatic rings. The Hall–Kier alpha value is -0.520. The van der Waals surface area contributed by atoms with Crippen LogP contribution >= 0.6 is 15.9 Å². The number of hydrogen-bond donors (Lipinski definition) is 0. The summed E-state index contributed by atoms with van der Waals surface area (Å²) < 4.78 is 12.1. The number of hydrogen-bond acceptors (Lipinski definition) is 3. The van der Waals surface area contributed by atoms with Gasteiger partial charge in [-0.05, 0) is 12.1 Å². The molecular formula is C12H14BrNO2S. The van der Waals surface area contributed by atoms with Crippen LogP contribution in [0.5, 0.6) is 0 Å². The van der Waals surface area contributed by atoms with Crippen molar-refractivity contribution in [2.24, 2.45) is 0 Å². The molecule has 0 N–H and O–H groups in total. The summed E-state index contributed by atoms with van der Waals surface area (Å²) in [6, 6.07) is 7.43. The van der Waals surface area contributed by atoms with Crippen LogP contribution in [-0.2, 0) is 10.8 Å². The highest BCUT2D eigenvalue weighted by molar-refractivity contribution is 9.10. The number of rotatable bonds is 3. The molecule has 1 saturated heterocycles. The quantitative estimate of drug-likeness (QED) is 0.797. The maximum absolute atomic E-state index is 12.0. The molecule has 0 aromatic heterocycles. The summed E-state index contributed by atoms with van der Waals surface area (Å²) in [5, 5.41) is 0. The smallest absolute Gasteiger partial charge is 0.176 e. The minimum Gasteiger partial charge on any atom is -0.294 e. The third-order valence-electron chi connectivity index (χ3n) is 2.78. The highest BCUT2D eigenvalue weighted by Gasteiger charge is 2.18. The van der Waals surface area contributed by atoms with Gasteiger partial charge in [0.2, 0.25) is 0 Å². The minimum absolute atomic E-state index is 0.124. The van der Waals surface area contributed by atoms with Crippen molar-refractivity contribution in [2.75, 3.05) is 31.1 Å². The largest absolute Gasteiger partial charge is 0.294 e. The first-order valence-electron chi connectivity index (χ1n) is 5.51. The lowest BCUT2D eigenvalue weighted by Crippen LogP contribution is -2.40. The summed E-state index contributed by atoms with van der Waals surface area (Å²) in [5.74, 6) is 1.50. The number of carbonyl (C=O) groups is 1. The second-order valence-corrected chi connectivity index (χ2v) is 6.67. The molecule has 0 atom stereocenters. The number of carbonyl (C=O) groups excluding carboxylic acids is 1. The lowest BCUT2D eigenvalue weighted by molar-refractivity contribution is 0.0936. The second-order valence-electron chi connectivity index (χ2n) is 4.06. The van der Waals surface area contributed by atoms with Gasteiger partial charge in [0, 0.05) is 45.4 Å². The van der Waals surface area contributed by atoms with Crippen molar-refractivity contribution in [2.45, 2.75) is 0 Å². The molecule has 1 aliphatic heterocycles. The van der Waals surface area contributed by atoms with Gasteiger partial charge in [0.1, 0.15) is 0 Å². The van der Waals surface area contributed by atoms with Crippen LogP contribution in [0.4, 0.5) is 0 Å². The lowest BCUT2D eigenvalue weighted by Gasteiger charge is -2.25. The molecular weight excluding hydrogens is 302 g/mol. The molecule has 1 aromatic carbocycles. The third kappa shape index (κ3) is 3.72. The zero-order chi connectivity index (χ0) is 12.3. The summed E-state index contributed by atoms with van der Waals surface area (Å²) in [5.41, 5.74) is 0.728. The summed E-state index contributed by atoms with van der Waals surface area (Å²) in [7, 11) is -0.684. The molecule has 1 aromatic rings. The van der Waals surface area contributed by atoms with Crippen LogP contribution in [0.25, 0.3) is 0 Å². The van der Waals surface area contributed by atoms with Gasteiger partial charge in [-0.2, -0.15) is 0 Å². The highest BCUT2D eigenvalue weighted by atomic mass is 79.9. The zero-order valence-electron chi connectivity index (χ0n) is 9.39. The highest BCUT2D eigenvalue weighted by Crippen LogP contribution is 2.13. The molecule has 1 heterocycles. The van der Waals surface area contributed by atoms with E-state index in [9.17, 15) is 9.00 Å². The Morgan fingerprint density at radius 2 is 2.06 bits per heavy atom. The molecule has 0 bridgehead atoms. The molecule has 0 saturated carbocycles. The van der Waals surface area contributed by atoms with Gasteiger partial charge < -0.3 is 0 Å². The molecule has 0 spiro atoms. The van der Waals surface area contributed by atoms with Crippen LogP contribution in [0.2, 0.25) is 0 Å². The number of nitrogens with zero attached hydrogens (tertiary/aromatic N) is 1. The van der Waals surface area contributed by atoms with Crippen molar-refractivity contribution in [3.05, 3.63) is 34.3 Å². The fourth-order valence-corrected chi connectivity index (χ4v) is 3.32. The van der Waals surface area contributed by atoms with Gasteiger partial charge in [0.15, 0.2) is 5.78 Å². The van der Waals surface area contributed by atoms with E-state index in [4.69, 9.17) is 0 Å². The van der Waals surface area contributed by atoms with Crippen molar-refractivity contribution in [1.82, 2.24) is 4.90 Å². The number of benzene rings is 1. The van der Waals surface area contributed by atoms with Crippen LogP contribution in [0, 0.1) is 0 Å². The molecule has 5 heteroatoms. The van der Waals surface area contributed by atoms with Crippen LogP contribution in [0.15, 0.2) is 28.7 Å². The maximum Gasteiger partial charge on any atom is 0.176 e. The first-order valence-corrected chi connectivity index (χ1v) is 7.79. The number of Topliss-reactive ketones (excluding diaryl/α,β-unsaturated/α-hetero) is 1. The Morgan fingerprint density at radius 1 is 1.35 bits per heavy atom. The number of halogens is 1. The molecule has 3 nitrogen and oxygen atoms in total. The maximum atomic E-state index is 12.0. The van der Waals surface area contributed by atoms with Crippen molar-refractivity contribution in [1.29, 1.82) is 0 Å². The van der Waals surface area contributed by atoms with Gasteiger partial charge in [-0.1, -0.05) is 28.1 Å². The Balaban J connectivity index is 1.95. The van der Waals surface area contributed by atoms with Gasteiger partial charge in [-0.25, -0.2) is 0 Å². The molecule has 17 heavy (non-hydrogen) atoms. The van der Waals surface area contributed by atoms with Crippen molar-refractivity contribution in [3.63, 3.8) is 0 Å². The zero-order valence-corrected chi connectivity index (χ0v) is 11.8. The fourth-order valence-electron chi connectivity index (χ4n) is 1.79. The van der Waals surface area contributed by atoms with Gasteiger partial charge in [-0.15, -0.1) is 0 Å². The van der Waals surface area contributed by atoms with E-state index in [1.165, 1.54) is 0 Å². The first-order chi connectivity index (χ1) is 8.15. The van der Waals surface area contributed by atoms with Crippen LogP contribution < -0.4 is 0 Å². The van der Waals surface area contributed by atoms with E-state index in [2.05, 4.69) is 20.8 Å². The Kier molecular flexibility index (Phi) is 4.48. The van der Waals surface area contributed by atoms with E-state index in [1.807, 2.05) is 24.3 Å². The molecule has 0 radical (unpaired) electrons. The first kappa shape index (κ1) is 12.9. The Labute approximate surface area is 112 Å². The Bertz CT molecular complexity index is 440. The predicted molar refractivity (Wildman–Crippen MR) is 72.8 cm³/mol. The molecule has 0 amide bonds. The van der Waals surface area contributed by atoms with Gasteiger partial charge in [-0.3, -0.25) is 13.9 Å². The van der Waals surface area contributed by atoms with Gasteiger partial charge >= 0.3 is 0 Å². The van der Waals surface area contributed by atoms with E-state index in [0.29, 0.717) is 18.1 Å². The predicted octanol–water partition coefficient (Wildman–Crippen LogP) is 1.70. The molecule has 0 unspecified atom stereocenters. The standard InChI is InChI=1S/C12H14BrNO2S/c13-11-3-1-2-10(8-11)12(15)9-14-4-6-17(16)7-5-14/h1-3,8H,4-7,9H2. The normalized spacial score (nSPS) is 18.2. The van der Waals surface area contributed by atoms with Crippen LogP contribution in [0.3, 0.4) is 0 Å². The monoisotopic (exact) mass is 315 g/mol. The molecule has 2 rings (SSSR count). The van der Waals surface area contributed by atoms with E-state index in [0.717, 1.165) is 23.1 Å². The Morgan fingerprint density at radius 3 is 2.71 bits per heavy atom. The lowest BCUT2D eigenvalue weighted by atomic mass is 10.1. The van der Waals surface area contributed by atoms with E-state index in [1.54, 1.807) is 0 Å². The van der Waals surface area contributed by atoms with E-state index in [-0.39, 0.29) is 5.78 Å².